The molecule has 0 saturated carbocycles. The standard InChI is InChI=1S/C26H24N4O2/c1-28-18-22(21-9-5-6-10-24(21)28)25(31)29-13-15-30(16-14-29)26(32)23-12-11-20(17-27-23)19-7-3-2-4-8-19/h2-12,17-18H,13-16H2,1H3. The molecule has 160 valence electrons. The van der Waals surface area contributed by atoms with Crippen LogP contribution in [0.1, 0.15) is 20.8 Å². The van der Waals surface area contributed by atoms with Crippen LogP contribution in [0.4, 0.5) is 0 Å². The van der Waals surface area contributed by atoms with Gasteiger partial charge in [0.1, 0.15) is 5.69 Å². The number of pyridine rings is 1. The predicted octanol–water partition coefficient (Wildman–Crippen LogP) is 3.84. The van der Waals surface area contributed by atoms with Crippen molar-refractivity contribution in [3.63, 3.8) is 0 Å². The third-order valence-corrected chi connectivity index (χ3v) is 6.07. The van der Waals surface area contributed by atoms with E-state index in [-0.39, 0.29) is 11.8 Å². The van der Waals surface area contributed by atoms with E-state index in [1.165, 1.54) is 0 Å². The third kappa shape index (κ3) is 3.64. The molecular weight excluding hydrogens is 400 g/mol. The number of hydrogen-bond donors (Lipinski definition) is 0. The maximum absolute atomic E-state index is 13.1. The van der Waals surface area contributed by atoms with Crippen molar-refractivity contribution in [2.45, 2.75) is 0 Å². The van der Waals surface area contributed by atoms with Gasteiger partial charge in [0, 0.05) is 62.1 Å². The average Bonchev–Trinajstić information content (AvgIpc) is 3.20. The molecule has 0 radical (unpaired) electrons. The van der Waals surface area contributed by atoms with Gasteiger partial charge in [-0.2, -0.15) is 0 Å². The van der Waals surface area contributed by atoms with Gasteiger partial charge in [0.15, 0.2) is 0 Å². The number of rotatable bonds is 3. The molecule has 5 rings (SSSR count). The number of amides is 2. The molecule has 2 aromatic carbocycles. The van der Waals surface area contributed by atoms with E-state index in [0.29, 0.717) is 37.4 Å². The molecule has 2 amide bonds. The molecule has 0 aliphatic carbocycles. The van der Waals surface area contributed by atoms with E-state index in [1.54, 1.807) is 17.2 Å². The van der Waals surface area contributed by atoms with Gasteiger partial charge in [0.05, 0.1) is 5.56 Å². The largest absolute Gasteiger partial charge is 0.350 e. The number of fused-ring (bicyclic) bond motifs is 1. The highest BCUT2D eigenvalue weighted by Crippen LogP contribution is 2.23. The number of carbonyl (C=O) groups is 2. The number of hydrogen-bond acceptors (Lipinski definition) is 3. The van der Waals surface area contributed by atoms with Gasteiger partial charge in [0.2, 0.25) is 0 Å². The molecule has 1 aliphatic heterocycles. The first kappa shape index (κ1) is 20.0. The molecule has 6 nitrogen and oxygen atoms in total. The minimum absolute atomic E-state index is 0.0132. The Bertz CT molecular complexity index is 1270. The van der Waals surface area contributed by atoms with Gasteiger partial charge in [-0.3, -0.25) is 14.6 Å². The summed E-state index contributed by atoms with van der Waals surface area (Å²) in [5.74, 6) is -0.0823. The van der Waals surface area contributed by atoms with E-state index in [4.69, 9.17) is 0 Å². The Labute approximate surface area is 186 Å². The number of para-hydroxylation sites is 1. The molecule has 0 unspecified atom stereocenters. The molecule has 1 aliphatic rings. The Morgan fingerprint density at radius 1 is 0.750 bits per heavy atom. The first-order valence-electron chi connectivity index (χ1n) is 10.8. The summed E-state index contributed by atoms with van der Waals surface area (Å²) in [4.78, 5) is 34.1. The summed E-state index contributed by atoms with van der Waals surface area (Å²) >= 11 is 0. The van der Waals surface area contributed by atoms with E-state index >= 15 is 0 Å². The summed E-state index contributed by atoms with van der Waals surface area (Å²) in [5.41, 5.74) is 4.22. The van der Waals surface area contributed by atoms with Crippen LogP contribution in [0, 0.1) is 0 Å². The molecule has 1 fully saturated rings. The van der Waals surface area contributed by atoms with E-state index in [1.807, 2.05) is 83.4 Å². The summed E-state index contributed by atoms with van der Waals surface area (Å²) in [7, 11) is 1.95. The van der Waals surface area contributed by atoms with Gasteiger partial charge in [-0.05, 0) is 17.7 Å². The second-order valence-corrected chi connectivity index (χ2v) is 8.05. The van der Waals surface area contributed by atoms with E-state index in [2.05, 4.69) is 4.98 Å². The molecule has 1 saturated heterocycles. The lowest BCUT2D eigenvalue weighted by molar-refractivity contribution is 0.0533. The van der Waals surface area contributed by atoms with E-state index in [0.717, 1.165) is 22.0 Å². The Morgan fingerprint density at radius 2 is 1.41 bits per heavy atom. The highest BCUT2D eigenvalue weighted by atomic mass is 16.2. The molecule has 0 spiro atoms. The van der Waals surface area contributed by atoms with Crippen molar-refractivity contribution in [1.29, 1.82) is 0 Å². The maximum atomic E-state index is 13.1. The highest BCUT2D eigenvalue weighted by Gasteiger charge is 2.27. The Hall–Kier alpha value is -3.93. The van der Waals surface area contributed by atoms with Gasteiger partial charge >= 0.3 is 0 Å². The number of piperazine rings is 1. The van der Waals surface area contributed by atoms with Gasteiger partial charge in [-0.15, -0.1) is 0 Å². The second kappa shape index (κ2) is 8.30. The van der Waals surface area contributed by atoms with Crippen molar-refractivity contribution < 1.29 is 9.59 Å². The molecule has 2 aromatic heterocycles. The van der Waals surface area contributed by atoms with Crippen LogP contribution in [-0.4, -0.2) is 57.3 Å². The normalized spacial score (nSPS) is 14.0. The minimum Gasteiger partial charge on any atom is -0.350 e. The van der Waals surface area contributed by atoms with Crippen LogP contribution in [0.25, 0.3) is 22.0 Å². The number of aromatic nitrogens is 2. The van der Waals surface area contributed by atoms with E-state index in [9.17, 15) is 9.59 Å². The fourth-order valence-electron chi connectivity index (χ4n) is 4.28. The first-order valence-corrected chi connectivity index (χ1v) is 10.8. The monoisotopic (exact) mass is 424 g/mol. The minimum atomic E-state index is -0.0955. The number of nitrogens with zero attached hydrogens (tertiary/aromatic N) is 4. The number of carbonyl (C=O) groups excluding carboxylic acids is 2. The van der Waals surface area contributed by atoms with Crippen LogP contribution in [0.3, 0.4) is 0 Å². The van der Waals surface area contributed by atoms with Gasteiger partial charge in [-0.1, -0.05) is 54.6 Å². The fourth-order valence-corrected chi connectivity index (χ4v) is 4.28. The van der Waals surface area contributed by atoms with Crippen molar-refractivity contribution in [2.75, 3.05) is 26.2 Å². The summed E-state index contributed by atoms with van der Waals surface area (Å²) in [6, 6.07) is 21.6. The van der Waals surface area contributed by atoms with Gasteiger partial charge in [0.25, 0.3) is 11.8 Å². The smallest absolute Gasteiger partial charge is 0.272 e. The van der Waals surface area contributed by atoms with Crippen LogP contribution in [0.15, 0.2) is 79.1 Å². The lowest BCUT2D eigenvalue weighted by Crippen LogP contribution is -2.50. The topological polar surface area (TPSA) is 58.4 Å². The first-order chi connectivity index (χ1) is 15.6. The average molecular weight is 425 g/mol. The molecule has 4 aromatic rings. The molecule has 32 heavy (non-hydrogen) atoms. The second-order valence-electron chi connectivity index (χ2n) is 8.05. The zero-order chi connectivity index (χ0) is 22.1. The zero-order valence-corrected chi connectivity index (χ0v) is 17.9. The van der Waals surface area contributed by atoms with Crippen molar-refractivity contribution in [2.24, 2.45) is 7.05 Å². The Morgan fingerprint density at radius 3 is 2.09 bits per heavy atom. The number of aryl methyl sites for hydroxylation is 1. The lowest BCUT2D eigenvalue weighted by Gasteiger charge is -2.34. The Balaban J connectivity index is 1.25. The van der Waals surface area contributed by atoms with Crippen LogP contribution >= 0.6 is 0 Å². The van der Waals surface area contributed by atoms with Crippen LogP contribution in [-0.2, 0) is 7.05 Å². The highest BCUT2D eigenvalue weighted by molar-refractivity contribution is 6.07. The quantitative estimate of drug-likeness (QED) is 0.502. The van der Waals surface area contributed by atoms with E-state index < -0.39 is 0 Å². The Kier molecular flexibility index (Phi) is 5.19. The van der Waals surface area contributed by atoms with Crippen molar-refractivity contribution in [3.05, 3.63) is 90.4 Å². The van der Waals surface area contributed by atoms with Crippen molar-refractivity contribution in [3.8, 4) is 11.1 Å². The maximum Gasteiger partial charge on any atom is 0.272 e. The van der Waals surface area contributed by atoms with Gasteiger partial charge < -0.3 is 14.4 Å². The molecule has 0 bridgehead atoms. The van der Waals surface area contributed by atoms with Gasteiger partial charge in [-0.25, -0.2) is 0 Å². The van der Waals surface area contributed by atoms with Crippen molar-refractivity contribution in [1.82, 2.24) is 19.4 Å². The SMILES string of the molecule is Cn1cc(C(=O)N2CCN(C(=O)c3ccc(-c4ccccc4)cn3)CC2)c2ccccc21. The summed E-state index contributed by atoms with van der Waals surface area (Å²) in [6.45, 7) is 2.01. The molecule has 6 heteroatoms. The molecule has 3 heterocycles. The fraction of sp³-hybridized carbons (Fsp3) is 0.192. The van der Waals surface area contributed by atoms with Crippen LogP contribution in [0.2, 0.25) is 0 Å². The summed E-state index contributed by atoms with van der Waals surface area (Å²) in [5, 5.41) is 0.959. The van der Waals surface area contributed by atoms with Crippen LogP contribution < -0.4 is 0 Å². The molecule has 0 atom stereocenters. The lowest BCUT2D eigenvalue weighted by atomic mass is 10.1. The zero-order valence-electron chi connectivity index (χ0n) is 17.9. The number of benzene rings is 2. The predicted molar refractivity (Wildman–Crippen MR) is 124 cm³/mol. The van der Waals surface area contributed by atoms with Crippen LogP contribution in [0.5, 0.6) is 0 Å². The molecular formula is C26H24N4O2. The van der Waals surface area contributed by atoms with Crippen molar-refractivity contribution >= 4 is 22.7 Å². The molecule has 0 N–H and O–H groups in total. The summed E-state index contributed by atoms with van der Waals surface area (Å²) < 4.78 is 1.98. The summed E-state index contributed by atoms with van der Waals surface area (Å²) in [6.07, 6.45) is 3.63. The third-order valence-electron chi connectivity index (χ3n) is 6.07.